The van der Waals surface area contributed by atoms with Crippen LogP contribution in [0.3, 0.4) is 0 Å². The summed E-state index contributed by atoms with van der Waals surface area (Å²) in [6, 6.07) is 19.3. The third-order valence-corrected chi connectivity index (χ3v) is 8.58. The van der Waals surface area contributed by atoms with Crippen LogP contribution in [-0.4, -0.2) is 32.4 Å². The molecule has 1 aliphatic carbocycles. The van der Waals surface area contributed by atoms with Crippen LogP contribution in [-0.2, 0) is 21.1 Å². The van der Waals surface area contributed by atoms with Gasteiger partial charge in [-0.3, -0.25) is 4.79 Å². The van der Waals surface area contributed by atoms with Gasteiger partial charge in [-0.2, -0.15) is 5.26 Å². The number of nitrogens with zero attached hydrogens (tertiary/aromatic N) is 1. The molecule has 164 valence electrons. The third kappa shape index (κ3) is 6.84. The number of nitrogens with one attached hydrogen (secondary N) is 1. The molecule has 2 unspecified atom stereocenters. The van der Waals surface area contributed by atoms with Gasteiger partial charge in [0.2, 0.25) is 5.91 Å². The number of hydrogen-bond donors (Lipinski definition) is 1. The van der Waals surface area contributed by atoms with Crippen molar-refractivity contribution in [3.63, 3.8) is 0 Å². The molecule has 7 heteroatoms. The van der Waals surface area contributed by atoms with E-state index in [-0.39, 0.29) is 30.0 Å². The maximum absolute atomic E-state index is 13.0. The average Bonchev–Trinajstić information content (AvgIpc) is 2.78. The number of nitriles is 1. The minimum atomic E-state index is -3.48. The van der Waals surface area contributed by atoms with Crippen LogP contribution in [0.25, 0.3) is 0 Å². The molecule has 2 aromatic carbocycles. The first kappa shape index (κ1) is 23.4. The fourth-order valence-corrected chi connectivity index (χ4v) is 6.67. The molecule has 1 aliphatic rings. The van der Waals surface area contributed by atoms with Gasteiger partial charge >= 0.3 is 0 Å². The molecule has 1 N–H and O–H groups in total. The quantitative estimate of drug-likeness (QED) is 0.450. The fraction of sp³-hybridized carbons (Fsp3) is 0.417. The van der Waals surface area contributed by atoms with Crippen molar-refractivity contribution < 1.29 is 13.2 Å². The molecule has 0 bridgehead atoms. The fourth-order valence-electron chi connectivity index (χ4n) is 4.06. The summed E-state index contributed by atoms with van der Waals surface area (Å²) < 4.78 is 26.0. The Bertz CT molecular complexity index is 999. The molecule has 1 fully saturated rings. The van der Waals surface area contributed by atoms with Crippen LogP contribution in [0.2, 0.25) is 0 Å². The van der Waals surface area contributed by atoms with E-state index in [0.717, 1.165) is 36.3 Å². The zero-order valence-corrected chi connectivity index (χ0v) is 19.1. The number of sulfone groups is 1. The van der Waals surface area contributed by atoms with Crippen LogP contribution in [0.5, 0.6) is 0 Å². The summed E-state index contributed by atoms with van der Waals surface area (Å²) in [5, 5.41) is 11.3. The molecule has 2 atom stereocenters. The number of carbonyl (C=O) groups is 1. The Morgan fingerprint density at radius 2 is 1.77 bits per heavy atom. The molecule has 2 aromatic rings. The number of hydrogen-bond acceptors (Lipinski definition) is 5. The van der Waals surface area contributed by atoms with Gasteiger partial charge < -0.3 is 5.32 Å². The average molecular weight is 457 g/mol. The second kappa shape index (κ2) is 11.4. The summed E-state index contributed by atoms with van der Waals surface area (Å²) in [6.45, 7) is -0.0434. The first-order chi connectivity index (χ1) is 15.0. The van der Waals surface area contributed by atoms with Crippen molar-refractivity contribution in [2.75, 3.05) is 18.1 Å². The molecular weight excluding hydrogens is 428 g/mol. The maximum Gasteiger partial charge on any atom is 0.224 e. The van der Waals surface area contributed by atoms with Gasteiger partial charge in [-0.25, -0.2) is 8.42 Å². The molecule has 0 spiro atoms. The lowest BCUT2D eigenvalue weighted by atomic mass is 9.80. The van der Waals surface area contributed by atoms with Crippen LogP contribution in [0.4, 0.5) is 0 Å². The van der Waals surface area contributed by atoms with E-state index in [0.29, 0.717) is 11.3 Å². The second-order valence-corrected chi connectivity index (χ2v) is 11.1. The lowest BCUT2D eigenvalue weighted by Gasteiger charge is -2.30. The van der Waals surface area contributed by atoms with Crippen LogP contribution in [0, 0.1) is 23.2 Å². The van der Waals surface area contributed by atoms with Crippen molar-refractivity contribution in [3.8, 4) is 6.07 Å². The second-order valence-electron chi connectivity index (χ2n) is 7.86. The van der Waals surface area contributed by atoms with Crippen LogP contribution in [0.1, 0.15) is 31.2 Å². The minimum Gasteiger partial charge on any atom is -0.343 e. The number of thioether (sulfide) groups is 1. The Kier molecular flexibility index (Phi) is 8.56. The SMILES string of the molecule is N#CCNC(=O)C1CCCCC1CS(=O)(=O)c1ccc(SCCc2ccccc2)cc1. The third-order valence-electron chi connectivity index (χ3n) is 5.71. The Labute approximate surface area is 189 Å². The van der Waals surface area contributed by atoms with Crippen molar-refractivity contribution in [3.05, 3.63) is 60.2 Å². The van der Waals surface area contributed by atoms with E-state index in [1.807, 2.05) is 36.4 Å². The molecular formula is C24H28N2O3S2. The predicted molar refractivity (Wildman–Crippen MR) is 123 cm³/mol. The lowest BCUT2D eigenvalue weighted by molar-refractivity contribution is -0.127. The topological polar surface area (TPSA) is 87.0 Å². The highest BCUT2D eigenvalue weighted by Gasteiger charge is 2.34. The molecule has 5 nitrogen and oxygen atoms in total. The van der Waals surface area contributed by atoms with E-state index in [4.69, 9.17) is 5.26 Å². The number of aryl methyl sites for hydroxylation is 1. The zero-order chi connectivity index (χ0) is 22.1. The van der Waals surface area contributed by atoms with E-state index in [1.54, 1.807) is 23.9 Å². The highest BCUT2D eigenvalue weighted by atomic mass is 32.2. The monoisotopic (exact) mass is 456 g/mol. The molecule has 0 heterocycles. The highest BCUT2D eigenvalue weighted by molar-refractivity contribution is 7.99. The first-order valence-corrected chi connectivity index (χ1v) is 13.3. The Morgan fingerprint density at radius 1 is 1.06 bits per heavy atom. The molecule has 0 aromatic heterocycles. The van der Waals surface area contributed by atoms with Gasteiger partial charge in [0.15, 0.2) is 9.84 Å². The summed E-state index contributed by atoms with van der Waals surface area (Å²) in [5.41, 5.74) is 1.29. The Hall–Kier alpha value is -2.30. The summed E-state index contributed by atoms with van der Waals surface area (Å²) in [5.74, 6) is 0.143. The van der Waals surface area contributed by atoms with Gasteiger partial charge in [-0.05, 0) is 55.0 Å². The summed E-state index contributed by atoms with van der Waals surface area (Å²) in [7, 11) is -3.48. The first-order valence-electron chi connectivity index (χ1n) is 10.6. The van der Waals surface area contributed by atoms with Crippen molar-refractivity contribution in [1.29, 1.82) is 5.26 Å². The Morgan fingerprint density at radius 3 is 2.48 bits per heavy atom. The van der Waals surface area contributed by atoms with E-state index in [9.17, 15) is 13.2 Å². The van der Waals surface area contributed by atoms with Crippen molar-refractivity contribution in [1.82, 2.24) is 5.32 Å². The van der Waals surface area contributed by atoms with Gasteiger partial charge in [0.25, 0.3) is 0 Å². The maximum atomic E-state index is 13.0. The largest absolute Gasteiger partial charge is 0.343 e. The van der Waals surface area contributed by atoms with Gasteiger partial charge in [0.1, 0.15) is 6.54 Å². The number of carbonyl (C=O) groups excluding carboxylic acids is 1. The van der Waals surface area contributed by atoms with E-state index in [1.165, 1.54) is 5.56 Å². The molecule has 31 heavy (non-hydrogen) atoms. The standard InChI is InChI=1S/C24H28N2O3S2/c25-15-16-26-24(27)23-9-5-4-8-20(23)18-31(28,29)22-12-10-21(11-13-22)30-17-14-19-6-2-1-3-7-19/h1-3,6-7,10-13,20,23H,4-5,8-9,14,16-18H2,(H,26,27). The number of rotatable bonds is 9. The van der Waals surface area contributed by atoms with Gasteiger partial charge in [-0.15, -0.1) is 11.8 Å². The van der Waals surface area contributed by atoms with Gasteiger partial charge in [0.05, 0.1) is 16.7 Å². The minimum absolute atomic E-state index is 0.0296. The van der Waals surface area contributed by atoms with E-state index in [2.05, 4.69) is 17.4 Å². The van der Waals surface area contributed by atoms with Gasteiger partial charge in [0, 0.05) is 16.6 Å². The summed E-state index contributed by atoms with van der Waals surface area (Å²) in [6.07, 6.45) is 4.20. The molecule has 1 amide bonds. The summed E-state index contributed by atoms with van der Waals surface area (Å²) >= 11 is 1.71. The lowest BCUT2D eigenvalue weighted by Crippen LogP contribution is -2.39. The van der Waals surface area contributed by atoms with Gasteiger partial charge in [-0.1, -0.05) is 43.2 Å². The predicted octanol–water partition coefficient (Wildman–Crippen LogP) is 4.24. The molecule has 0 saturated heterocycles. The zero-order valence-electron chi connectivity index (χ0n) is 17.5. The highest BCUT2D eigenvalue weighted by Crippen LogP contribution is 2.33. The van der Waals surface area contributed by atoms with Crippen molar-refractivity contribution >= 4 is 27.5 Å². The van der Waals surface area contributed by atoms with Crippen LogP contribution in [0.15, 0.2) is 64.4 Å². The van der Waals surface area contributed by atoms with E-state index >= 15 is 0 Å². The number of amides is 1. The van der Waals surface area contributed by atoms with Crippen LogP contribution < -0.4 is 5.32 Å². The van der Waals surface area contributed by atoms with Crippen molar-refractivity contribution in [2.45, 2.75) is 41.9 Å². The molecule has 0 radical (unpaired) electrons. The smallest absolute Gasteiger partial charge is 0.224 e. The summed E-state index contributed by atoms with van der Waals surface area (Å²) in [4.78, 5) is 13.7. The molecule has 3 rings (SSSR count). The van der Waals surface area contributed by atoms with Crippen molar-refractivity contribution in [2.24, 2.45) is 11.8 Å². The number of benzene rings is 2. The van der Waals surface area contributed by atoms with E-state index < -0.39 is 9.84 Å². The Balaban J connectivity index is 1.59. The molecule has 0 aliphatic heterocycles. The van der Waals surface area contributed by atoms with Crippen LogP contribution >= 0.6 is 11.8 Å². The molecule has 1 saturated carbocycles. The normalized spacial score (nSPS) is 18.8.